The van der Waals surface area contributed by atoms with E-state index in [0.29, 0.717) is 36.0 Å². The fourth-order valence-electron chi connectivity index (χ4n) is 2.93. The molecule has 0 bridgehead atoms. The average molecular weight is 394 g/mol. The third-order valence-corrected chi connectivity index (χ3v) is 7.17. The number of hydrogen-bond acceptors (Lipinski definition) is 5. The summed E-state index contributed by atoms with van der Waals surface area (Å²) in [4.78, 5) is 16.5. The zero-order valence-electron chi connectivity index (χ0n) is 14.8. The van der Waals surface area contributed by atoms with E-state index in [1.165, 1.54) is 11.3 Å². The maximum atomic E-state index is 12.6. The number of carbonyl (C=O) groups excluding carboxylic acids is 1. The molecule has 2 aromatic rings. The molecule has 8 heteroatoms. The van der Waals surface area contributed by atoms with Gasteiger partial charge in [0, 0.05) is 24.9 Å². The summed E-state index contributed by atoms with van der Waals surface area (Å²) in [5, 5.41) is 5.27. The van der Waals surface area contributed by atoms with Crippen LogP contribution < -0.4 is 5.32 Å². The molecule has 1 aromatic heterocycles. The minimum atomic E-state index is -3.40. The molecule has 1 fully saturated rings. The molecule has 3 rings (SSSR count). The molecule has 2 heterocycles. The van der Waals surface area contributed by atoms with Crippen LogP contribution in [0, 0.1) is 6.92 Å². The number of thiazole rings is 1. The summed E-state index contributed by atoms with van der Waals surface area (Å²) in [7, 11) is -3.40. The van der Waals surface area contributed by atoms with Gasteiger partial charge in [-0.1, -0.05) is 18.6 Å². The van der Waals surface area contributed by atoms with Crippen LogP contribution >= 0.6 is 11.3 Å². The molecule has 1 aromatic carbocycles. The minimum Gasteiger partial charge on any atom is -0.302 e. The van der Waals surface area contributed by atoms with Crippen molar-refractivity contribution in [3.8, 4) is 0 Å². The molecule has 6 nitrogen and oxygen atoms in total. The maximum Gasteiger partial charge on any atom is 0.243 e. The molecular weight excluding hydrogens is 370 g/mol. The second kappa shape index (κ2) is 8.28. The number of rotatable bonds is 6. The summed E-state index contributed by atoms with van der Waals surface area (Å²) in [6.07, 6.45) is 3.82. The lowest BCUT2D eigenvalue weighted by atomic mass is 10.1. The van der Waals surface area contributed by atoms with Crippen LogP contribution in [-0.2, 0) is 21.2 Å². The number of benzene rings is 1. The second-order valence-corrected chi connectivity index (χ2v) is 9.25. The largest absolute Gasteiger partial charge is 0.302 e. The van der Waals surface area contributed by atoms with Crippen molar-refractivity contribution in [2.75, 3.05) is 18.4 Å². The van der Waals surface area contributed by atoms with Gasteiger partial charge in [-0.05, 0) is 43.9 Å². The van der Waals surface area contributed by atoms with Crippen molar-refractivity contribution in [1.29, 1.82) is 0 Å². The predicted octanol–water partition coefficient (Wildman–Crippen LogP) is 3.20. The van der Waals surface area contributed by atoms with Gasteiger partial charge in [-0.25, -0.2) is 13.4 Å². The highest BCUT2D eigenvalue weighted by Crippen LogP contribution is 2.21. The van der Waals surface area contributed by atoms with E-state index in [-0.39, 0.29) is 5.91 Å². The number of hydrogen-bond donors (Lipinski definition) is 1. The van der Waals surface area contributed by atoms with Crippen LogP contribution in [0.4, 0.5) is 5.13 Å². The number of piperidine rings is 1. The van der Waals surface area contributed by atoms with Crippen molar-refractivity contribution in [3.05, 3.63) is 40.9 Å². The second-order valence-electron chi connectivity index (χ2n) is 6.45. The Morgan fingerprint density at radius 2 is 1.88 bits per heavy atom. The smallest absolute Gasteiger partial charge is 0.243 e. The van der Waals surface area contributed by atoms with Gasteiger partial charge in [0.15, 0.2) is 5.13 Å². The minimum absolute atomic E-state index is 0.0932. The highest BCUT2D eigenvalue weighted by molar-refractivity contribution is 7.89. The lowest BCUT2D eigenvalue weighted by molar-refractivity contribution is -0.116. The average Bonchev–Trinajstić information content (AvgIpc) is 3.06. The van der Waals surface area contributed by atoms with Crippen molar-refractivity contribution in [2.24, 2.45) is 0 Å². The third-order valence-electron chi connectivity index (χ3n) is 4.38. The van der Waals surface area contributed by atoms with Gasteiger partial charge < -0.3 is 5.32 Å². The number of nitrogens with zero attached hydrogens (tertiary/aromatic N) is 2. The molecule has 1 aliphatic rings. The van der Waals surface area contributed by atoms with Crippen molar-refractivity contribution in [3.63, 3.8) is 0 Å². The summed E-state index contributed by atoms with van der Waals surface area (Å²) in [6, 6.07) is 6.86. The first-order chi connectivity index (χ1) is 12.4. The van der Waals surface area contributed by atoms with E-state index in [1.807, 2.05) is 12.3 Å². The Morgan fingerprint density at radius 1 is 1.19 bits per heavy atom. The van der Waals surface area contributed by atoms with Gasteiger partial charge in [-0.3, -0.25) is 4.79 Å². The first-order valence-electron chi connectivity index (χ1n) is 8.76. The van der Waals surface area contributed by atoms with E-state index in [2.05, 4.69) is 10.3 Å². The van der Waals surface area contributed by atoms with E-state index >= 15 is 0 Å². The lowest BCUT2D eigenvalue weighted by Gasteiger charge is -2.25. The van der Waals surface area contributed by atoms with E-state index in [9.17, 15) is 13.2 Å². The van der Waals surface area contributed by atoms with Crippen LogP contribution in [0.5, 0.6) is 0 Å². The Kier molecular flexibility index (Phi) is 6.05. The van der Waals surface area contributed by atoms with E-state index in [4.69, 9.17) is 0 Å². The van der Waals surface area contributed by atoms with Crippen molar-refractivity contribution >= 4 is 32.4 Å². The molecule has 140 valence electrons. The zero-order valence-corrected chi connectivity index (χ0v) is 16.4. The molecule has 1 saturated heterocycles. The van der Waals surface area contributed by atoms with Crippen LogP contribution in [0.3, 0.4) is 0 Å². The normalized spacial score (nSPS) is 15.7. The summed E-state index contributed by atoms with van der Waals surface area (Å²) >= 11 is 1.40. The quantitative estimate of drug-likeness (QED) is 0.817. The fraction of sp³-hybridized carbons (Fsp3) is 0.444. The topological polar surface area (TPSA) is 79.4 Å². The third kappa shape index (κ3) is 4.69. The first kappa shape index (κ1) is 19.0. The van der Waals surface area contributed by atoms with Crippen molar-refractivity contribution < 1.29 is 13.2 Å². The molecule has 1 aliphatic heterocycles. The van der Waals surface area contributed by atoms with Gasteiger partial charge >= 0.3 is 0 Å². The fourth-order valence-corrected chi connectivity index (χ4v) is 5.15. The van der Waals surface area contributed by atoms with Crippen molar-refractivity contribution in [2.45, 2.75) is 43.9 Å². The molecule has 0 atom stereocenters. The molecule has 0 saturated carbocycles. The summed E-state index contributed by atoms with van der Waals surface area (Å²) in [6.45, 7) is 3.08. The van der Waals surface area contributed by atoms with Crippen LogP contribution in [0.25, 0.3) is 0 Å². The Bertz CT molecular complexity index is 854. The first-order valence-corrected chi connectivity index (χ1v) is 11.1. The number of aryl methyl sites for hydroxylation is 2. The van der Waals surface area contributed by atoms with Crippen LogP contribution in [0.15, 0.2) is 34.5 Å². The van der Waals surface area contributed by atoms with Crippen LogP contribution in [0.1, 0.15) is 36.9 Å². The number of sulfonamides is 1. The SMILES string of the molecule is Cc1csc(NC(=O)CCc2ccc(S(=O)(=O)N3CCCCC3)cc2)n1. The molecular formula is C18H23N3O3S2. The highest BCUT2D eigenvalue weighted by Gasteiger charge is 2.25. The van der Waals surface area contributed by atoms with Crippen LogP contribution in [-0.4, -0.2) is 36.7 Å². The van der Waals surface area contributed by atoms with Crippen molar-refractivity contribution in [1.82, 2.24) is 9.29 Å². The van der Waals surface area contributed by atoms with E-state index in [0.717, 1.165) is 30.5 Å². The number of carbonyl (C=O) groups is 1. The predicted molar refractivity (Wildman–Crippen MR) is 103 cm³/mol. The lowest BCUT2D eigenvalue weighted by Crippen LogP contribution is -2.35. The zero-order chi connectivity index (χ0) is 18.6. The number of anilines is 1. The maximum absolute atomic E-state index is 12.6. The Morgan fingerprint density at radius 3 is 2.50 bits per heavy atom. The molecule has 1 N–H and O–H groups in total. The van der Waals surface area contributed by atoms with Gasteiger partial charge in [0.1, 0.15) is 0 Å². The van der Waals surface area contributed by atoms with Gasteiger partial charge in [0.25, 0.3) is 0 Å². The summed E-state index contributed by atoms with van der Waals surface area (Å²) < 4.78 is 26.8. The standard InChI is InChI=1S/C18H23N3O3S2/c1-14-13-25-18(19-14)20-17(22)10-7-15-5-8-16(9-6-15)26(23,24)21-11-3-2-4-12-21/h5-6,8-9,13H,2-4,7,10-12H2,1H3,(H,19,20,22). The van der Waals surface area contributed by atoms with E-state index < -0.39 is 10.0 Å². The molecule has 0 radical (unpaired) electrons. The van der Waals surface area contributed by atoms with Gasteiger partial charge in [0.05, 0.1) is 10.6 Å². The monoisotopic (exact) mass is 393 g/mol. The number of nitrogens with one attached hydrogen (secondary N) is 1. The Hall–Kier alpha value is -1.77. The number of aromatic nitrogens is 1. The molecule has 1 amide bonds. The number of amides is 1. The van der Waals surface area contributed by atoms with E-state index in [1.54, 1.807) is 28.6 Å². The van der Waals surface area contributed by atoms with Gasteiger partial charge in [-0.2, -0.15) is 4.31 Å². The van der Waals surface area contributed by atoms with Crippen LogP contribution in [0.2, 0.25) is 0 Å². The summed E-state index contributed by atoms with van der Waals surface area (Å²) in [5.41, 5.74) is 1.82. The molecule has 26 heavy (non-hydrogen) atoms. The van der Waals surface area contributed by atoms with Gasteiger partial charge in [0.2, 0.25) is 15.9 Å². The molecule has 0 spiro atoms. The molecule has 0 aliphatic carbocycles. The highest BCUT2D eigenvalue weighted by atomic mass is 32.2. The summed E-state index contributed by atoms with van der Waals surface area (Å²) in [5.74, 6) is -0.0932. The Balaban J connectivity index is 1.56. The van der Waals surface area contributed by atoms with Gasteiger partial charge in [-0.15, -0.1) is 11.3 Å². The Labute approximate surface area is 158 Å². The molecule has 0 unspecified atom stereocenters.